The van der Waals surface area contributed by atoms with Gasteiger partial charge in [-0.1, -0.05) is 13.8 Å². The molecule has 5 nitrogen and oxygen atoms in total. The van der Waals surface area contributed by atoms with Crippen LogP contribution in [0.15, 0.2) is 0 Å². The van der Waals surface area contributed by atoms with E-state index in [1.54, 1.807) is 21.0 Å². The number of hydrogen-bond donors (Lipinski definition) is 1. The second-order valence-corrected chi connectivity index (χ2v) is 6.41. The molecule has 4 unspecified atom stereocenters. The van der Waals surface area contributed by atoms with E-state index in [0.717, 1.165) is 12.8 Å². The fraction of sp³-hybridized carbons (Fsp3) is 0.941. The topological polar surface area (TPSA) is 65.0 Å². The van der Waals surface area contributed by atoms with Gasteiger partial charge in [0.15, 0.2) is 0 Å². The highest BCUT2D eigenvalue weighted by molar-refractivity contribution is 5.77. The Hall–Kier alpha value is -0.490. The molecule has 0 fully saturated rings. The van der Waals surface area contributed by atoms with Crippen LogP contribution in [-0.2, 0) is 19.0 Å². The predicted octanol–water partition coefficient (Wildman–Crippen LogP) is 2.30. The average Bonchev–Trinajstić information content (AvgIpc) is 2.42. The lowest BCUT2D eigenvalue weighted by Gasteiger charge is -2.23. The summed E-state index contributed by atoms with van der Waals surface area (Å²) in [6.07, 6.45) is 1.35. The van der Waals surface area contributed by atoms with Crippen molar-refractivity contribution in [3.05, 3.63) is 0 Å². The van der Waals surface area contributed by atoms with Crippen LogP contribution < -0.4 is 0 Å². The molecule has 0 heterocycles. The summed E-state index contributed by atoms with van der Waals surface area (Å²) in [6, 6.07) is 0. The molecule has 0 aliphatic heterocycles. The standard InChI is InChI=1S/C17H34O5/c1-13(10-22-11-15(3)18)8-17(9-14(2)16(4)19)12-21-7-6-20-5/h13-15,17-18H,6-12H2,1-5H3. The highest BCUT2D eigenvalue weighted by Gasteiger charge is 2.19. The molecular formula is C17H34O5. The highest BCUT2D eigenvalue weighted by atomic mass is 16.5. The molecule has 22 heavy (non-hydrogen) atoms. The zero-order valence-corrected chi connectivity index (χ0v) is 14.8. The molecule has 0 aromatic carbocycles. The van der Waals surface area contributed by atoms with E-state index in [9.17, 15) is 9.90 Å². The molecule has 0 rings (SSSR count). The number of rotatable bonds is 14. The normalized spacial score (nSPS) is 17.0. The molecule has 0 radical (unpaired) electrons. The summed E-state index contributed by atoms with van der Waals surface area (Å²) in [5, 5.41) is 9.20. The van der Waals surface area contributed by atoms with Gasteiger partial charge in [-0.05, 0) is 38.5 Å². The first kappa shape index (κ1) is 21.5. The van der Waals surface area contributed by atoms with Crippen molar-refractivity contribution in [1.29, 1.82) is 0 Å². The van der Waals surface area contributed by atoms with Gasteiger partial charge >= 0.3 is 0 Å². The smallest absolute Gasteiger partial charge is 0.132 e. The second kappa shape index (κ2) is 13.0. The molecule has 4 atom stereocenters. The Morgan fingerprint density at radius 2 is 1.68 bits per heavy atom. The summed E-state index contributed by atoms with van der Waals surface area (Å²) < 4.78 is 16.1. The van der Waals surface area contributed by atoms with Crippen molar-refractivity contribution in [2.75, 3.05) is 40.1 Å². The largest absolute Gasteiger partial charge is 0.391 e. The van der Waals surface area contributed by atoms with Crippen molar-refractivity contribution in [3.63, 3.8) is 0 Å². The van der Waals surface area contributed by atoms with Crippen LogP contribution in [0.2, 0.25) is 0 Å². The van der Waals surface area contributed by atoms with Gasteiger partial charge in [-0.3, -0.25) is 4.79 Å². The Morgan fingerprint density at radius 1 is 1.00 bits per heavy atom. The first-order valence-electron chi connectivity index (χ1n) is 8.19. The summed E-state index contributed by atoms with van der Waals surface area (Å²) in [5.74, 6) is 0.983. The van der Waals surface area contributed by atoms with E-state index >= 15 is 0 Å². The van der Waals surface area contributed by atoms with Crippen molar-refractivity contribution in [2.24, 2.45) is 17.8 Å². The van der Waals surface area contributed by atoms with E-state index in [1.165, 1.54) is 0 Å². The van der Waals surface area contributed by atoms with E-state index in [0.29, 0.717) is 44.9 Å². The number of carbonyl (C=O) groups excluding carboxylic acids is 1. The van der Waals surface area contributed by atoms with Crippen molar-refractivity contribution in [3.8, 4) is 0 Å². The molecule has 0 aliphatic rings. The van der Waals surface area contributed by atoms with Gasteiger partial charge in [-0.25, -0.2) is 0 Å². The number of hydrogen-bond acceptors (Lipinski definition) is 5. The quantitative estimate of drug-likeness (QED) is 0.498. The van der Waals surface area contributed by atoms with Crippen LogP contribution in [0.3, 0.4) is 0 Å². The second-order valence-electron chi connectivity index (χ2n) is 6.41. The van der Waals surface area contributed by atoms with Crippen LogP contribution in [0, 0.1) is 17.8 Å². The summed E-state index contributed by atoms with van der Waals surface area (Å²) in [4.78, 5) is 11.5. The molecule has 5 heteroatoms. The van der Waals surface area contributed by atoms with Gasteiger partial charge in [0.1, 0.15) is 5.78 Å². The first-order chi connectivity index (χ1) is 10.4. The van der Waals surface area contributed by atoms with Gasteiger partial charge in [0, 0.05) is 26.2 Å². The number of aliphatic hydroxyl groups is 1. The molecule has 0 amide bonds. The van der Waals surface area contributed by atoms with Crippen LogP contribution >= 0.6 is 0 Å². The number of Topliss-reactive ketones (excluding diaryl/α,β-unsaturated/α-hetero) is 1. The fourth-order valence-corrected chi connectivity index (χ4v) is 2.37. The van der Waals surface area contributed by atoms with E-state index in [1.807, 2.05) is 6.92 Å². The summed E-state index contributed by atoms with van der Waals surface area (Å²) >= 11 is 0. The van der Waals surface area contributed by atoms with Crippen LogP contribution in [0.25, 0.3) is 0 Å². The van der Waals surface area contributed by atoms with E-state index in [-0.39, 0.29) is 11.7 Å². The zero-order valence-electron chi connectivity index (χ0n) is 14.8. The van der Waals surface area contributed by atoms with Crippen molar-refractivity contribution >= 4 is 5.78 Å². The van der Waals surface area contributed by atoms with Gasteiger partial charge in [0.05, 0.1) is 25.9 Å². The minimum absolute atomic E-state index is 0.0570. The van der Waals surface area contributed by atoms with Gasteiger partial charge in [0.2, 0.25) is 0 Å². The van der Waals surface area contributed by atoms with Gasteiger partial charge < -0.3 is 19.3 Å². The Labute approximate surface area is 135 Å². The number of methoxy groups -OCH3 is 1. The monoisotopic (exact) mass is 318 g/mol. The van der Waals surface area contributed by atoms with E-state index < -0.39 is 6.10 Å². The minimum atomic E-state index is -0.432. The number of ketones is 1. The molecule has 0 bridgehead atoms. The number of carbonyl (C=O) groups is 1. The lowest BCUT2D eigenvalue weighted by Crippen LogP contribution is -2.22. The fourth-order valence-electron chi connectivity index (χ4n) is 2.37. The lowest BCUT2D eigenvalue weighted by atomic mass is 9.87. The van der Waals surface area contributed by atoms with Gasteiger partial charge in [0.25, 0.3) is 0 Å². The van der Waals surface area contributed by atoms with Crippen molar-refractivity contribution in [2.45, 2.75) is 46.6 Å². The van der Waals surface area contributed by atoms with Crippen molar-refractivity contribution in [1.82, 2.24) is 0 Å². The third-order valence-electron chi connectivity index (χ3n) is 3.66. The maximum absolute atomic E-state index is 11.5. The third kappa shape index (κ3) is 12.1. The van der Waals surface area contributed by atoms with Gasteiger partial charge in [-0.15, -0.1) is 0 Å². The molecule has 0 aromatic rings. The Bertz CT molecular complexity index is 280. The summed E-state index contributed by atoms with van der Waals surface area (Å²) in [5.41, 5.74) is 0. The summed E-state index contributed by atoms with van der Waals surface area (Å²) in [7, 11) is 1.65. The van der Waals surface area contributed by atoms with Crippen LogP contribution in [0.5, 0.6) is 0 Å². The Kier molecular flexibility index (Phi) is 12.7. The van der Waals surface area contributed by atoms with Crippen molar-refractivity contribution < 1.29 is 24.1 Å². The highest BCUT2D eigenvalue weighted by Crippen LogP contribution is 2.22. The zero-order chi connectivity index (χ0) is 17.0. The van der Waals surface area contributed by atoms with Crippen LogP contribution in [0.1, 0.15) is 40.5 Å². The molecule has 0 aromatic heterocycles. The molecular weight excluding hydrogens is 284 g/mol. The van der Waals surface area contributed by atoms with Crippen LogP contribution in [0.4, 0.5) is 0 Å². The van der Waals surface area contributed by atoms with Gasteiger partial charge in [-0.2, -0.15) is 0 Å². The summed E-state index contributed by atoms with van der Waals surface area (Å²) in [6.45, 7) is 10.2. The maximum atomic E-state index is 11.5. The molecule has 0 aliphatic carbocycles. The Morgan fingerprint density at radius 3 is 2.23 bits per heavy atom. The van der Waals surface area contributed by atoms with E-state index in [4.69, 9.17) is 14.2 Å². The Balaban J connectivity index is 4.21. The maximum Gasteiger partial charge on any atom is 0.132 e. The molecule has 0 saturated heterocycles. The molecule has 0 saturated carbocycles. The molecule has 1 N–H and O–H groups in total. The van der Waals surface area contributed by atoms with Crippen LogP contribution in [-0.4, -0.2) is 57.1 Å². The lowest BCUT2D eigenvalue weighted by molar-refractivity contribution is -0.121. The van der Waals surface area contributed by atoms with E-state index in [2.05, 4.69) is 6.92 Å². The number of ether oxygens (including phenoxy) is 3. The first-order valence-corrected chi connectivity index (χ1v) is 8.19. The average molecular weight is 318 g/mol. The SMILES string of the molecule is COCCOCC(CC(C)COCC(C)O)CC(C)C(C)=O. The predicted molar refractivity (Wildman–Crippen MR) is 86.9 cm³/mol. The number of aliphatic hydroxyl groups excluding tert-OH is 1. The third-order valence-corrected chi connectivity index (χ3v) is 3.66. The minimum Gasteiger partial charge on any atom is -0.391 e. The molecule has 132 valence electrons. The molecule has 0 spiro atoms.